The van der Waals surface area contributed by atoms with E-state index >= 15 is 0 Å². The van der Waals surface area contributed by atoms with Gasteiger partial charge in [0.1, 0.15) is 5.82 Å². The lowest BCUT2D eigenvalue weighted by molar-refractivity contribution is 0.595. The van der Waals surface area contributed by atoms with E-state index in [0.29, 0.717) is 10.8 Å². The maximum absolute atomic E-state index is 13.4. The molecule has 0 heterocycles. The zero-order chi connectivity index (χ0) is 20.5. The summed E-state index contributed by atoms with van der Waals surface area (Å²) in [6.45, 7) is 12.1. The maximum Gasteiger partial charge on any atom is 0.262 e. The van der Waals surface area contributed by atoms with E-state index in [2.05, 4.69) is 18.6 Å². The van der Waals surface area contributed by atoms with Crippen molar-refractivity contribution in [3.63, 3.8) is 0 Å². The molecule has 0 radical (unpaired) electrons. The molecule has 0 aliphatic heterocycles. The molecule has 2 rings (SSSR count). The van der Waals surface area contributed by atoms with Gasteiger partial charge in [-0.3, -0.25) is 4.72 Å². The predicted molar refractivity (Wildman–Crippen MR) is 111 cm³/mol. The smallest absolute Gasteiger partial charge is 0.262 e. The van der Waals surface area contributed by atoms with Gasteiger partial charge in [0.2, 0.25) is 0 Å². The maximum atomic E-state index is 13.4. The van der Waals surface area contributed by atoms with Gasteiger partial charge < -0.3 is 0 Å². The van der Waals surface area contributed by atoms with Crippen LogP contribution in [0, 0.1) is 5.82 Å². The highest BCUT2D eigenvalue weighted by Crippen LogP contribution is 2.36. The van der Waals surface area contributed by atoms with E-state index in [1.807, 2.05) is 39.8 Å². The van der Waals surface area contributed by atoms with E-state index in [4.69, 9.17) is 11.6 Å². The molecule has 0 fully saturated rings. The molecule has 0 unspecified atom stereocenters. The fourth-order valence-corrected chi connectivity index (χ4v) is 4.90. The first-order valence-electron chi connectivity index (χ1n) is 9.09. The second-order valence-electron chi connectivity index (χ2n) is 7.73. The van der Waals surface area contributed by atoms with Crippen LogP contribution >= 0.6 is 11.6 Å². The molecule has 1 N–H and O–H groups in total. The van der Waals surface area contributed by atoms with Gasteiger partial charge in [0.15, 0.2) is 0 Å². The molecule has 0 aliphatic carbocycles. The number of sulfonamides is 1. The molecule has 0 amide bonds. The highest BCUT2D eigenvalue weighted by molar-refractivity contribution is 7.92. The zero-order valence-corrected chi connectivity index (χ0v) is 18.2. The Labute approximate surface area is 167 Å². The number of hydrogen-bond acceptors (Lipinski definition) is 2. The summed E-state index contributed by atoms with van der Waals surface area (Å²) in [7, 11) is -3.87. The van der Waals surface area contributed by atoms with E-state index < -0.39 is 15.8 Å². The Morgan fingerprint density at radius 2 is 1.41 bits per heavy atom. The van der Waals surface area contributed by atoms with Crippen LogP contribution < -0.4 is 4.72 Å². The minimum absolute atomic E-state index is 0.0320. The summed E-state index contributed by atoms with van der Waals surface area (Å²) < 4.78 is 42.5. The van der Waals surface area contributed by atoms with E-state index in [1.165, 1.54) is 12.1 Å². The molecule has 6 heteroatoms. The fourth-order valence-electron chi connectivity index (χ4n) is 2.97. The molecule has 148 valence electrons. The van der Waals surface area contributed by atoms with Gasteiger partial charge in [0, 0.05) is 0 Å². The van der Waals surface area contributed by atoms with Crippen LogP contribution in [0.15, 0.2) is 35.2 Å². The lowest BCUT2D eigenvalue weighted by atomic mass is 9.89. The summed E-state index contributed by atoms with van der Waals surface area (Å²) in [4.78, 5) is 0.303. The number of hydrogen-bond donors (Lipinski definition) is 1. The molecule has 0 bridgehead atoms. The highest BCUT2D eigenvalue weighted by atomic mass is 35.5. The Balaban J connectivity index is 2.67. The van der Waals surface area contributed by atoms with Gasteiger partial charge in [-0.05, 0) is 52.6 Å². The Hall–Kier alpha value is -1.59. The molecule has 0 saturated carbocycles. The summed E-state index contributed by atoms with van der Waals surface area (Å²) in [5, 5.41) is -0.126. The third-order valence-corrected chi connectivity index (χ3v) is 6.32. The summed E-state index contributed by atoms with van der Waals surface area (Å²) in [6.07, 6.45) is 0. The second kappa shape index (κ2) is 8.19. The van der Waals surface area contributed by atoms with Crippen LogP contribution in [0.5, 0.6) is 0 Å². The first-order chi connectivity index (χ1) is 12.4. The first kappa shape index (κ1) is 21.7. The van der Waals surface area contributed by atoms with Crippen molar-refractivity contribution in [2.24, 2.45) is 0 Å². The Kier molecular flexibility index (Phi) is 6.59. The average Bonchev–Trinajstić information content (AvgIpc) is 2.56. The molecule has 0 aromatic heterocycles. The minimum atomic E-state index is -3.87. The van der Waals surface area contributed by atoms with Crippen molar-refractivity contribution < 1.29 is 12.8 Å². The normalized spacial score (nSPS) is 12.3. The molecule has 3 nitrogen and oxygen atoms in total. The second-order valence-corrected chi connectivity index (χ2v) is 9.75. The number of rotatable bonds is 6. The molecule has 27 heavy (non-hydrogen) atoms. The van der Waals surface area contributed by atoms with Crippen molar-refractivity contribution in [3.05, 3.63) is 57.9 Å². The predicted octanol–water partition coefficient (Wildman–Crippen LogP) is 6.65. The molecule has 0 spiro atoms. The van der Waals surface area contributed by atoms with Crippen molar-refractivity contribution in [1.29, 1.82) is 0 Å². The number of nitrogens with one attached hydrogen (secondary N) is 1. The summed E-state index contributed by atoms with van der Waals surface area (Å²) in [5.41, 5.74) is 2.92. The summed E-state index contributed by atoms with van der Waals surface area (Å²) in [6, 6.07) is 7.75. The molecule has 2 aromatic carbocycles. The van der Waals surface area contributed by atoms with Crippen LogP contribution in [0.4, 0.5) is 10.1 Å². The molecule has 0 aliphatic rings. The van der Waals surface area contributed by atoms with Gasteiger partial charge >= 0.3 is 0 Å². The average molecular weight is 412 g/mol. The lowest BCUT2D eigenvalue weighted by Crippen LogP contribution is -2.19. The molecule has 0 saturated heterocycles. The van der Waals surface area contributed by atoms with Crippen molar-refractivity contribution >= 4 is 27.3 Å². The lowest BCUT2D eigenvalue weighted by Gasteiger charge is -2.23. The van der Waals surface area contributed by atoms with Crippen LogP contribution in [0.2, 0.25) is 5.02 Å². The Bertz CT molecular complexity index is 908. The summed E-state index contributed by atoms with van der Waals surface area (Å²) >= 11 is 5.80. The highest BCUT2D eigenvalue weighted by Gasteiger charge is 2.27. The third kappa shape index (κ3) is 4.82. The van der Waals surface area contributed by atoms with E-state index in [1.54, 1.807) is 0 Å². The number of anilines is 1. The first-order valence-corrected chi connectivity index (χ1v) is 11.0. The van der Waals surface area contributed by atoms with Gasteiger partial charge in [0.05, 0.1) is 15.6 Å². The molecular formula is C21H27ClFNO2S. The van der Waals surface area contributed by atoms with E-state index in [9.17, 15) is 12.8 Å². The molecular weight excluding hydrogens is 385 g/mol. The van der Waals surface area contributed by atoms with E-state index in [0.717, 1.165) is 22.8 Å². The zero-order valence-electron chi connectivity index (χ0n) is 16.6. The third-order valence-electron chi connectivity index (χ3n) is 4.52. The van der Waals surface area contributed by atoms with Gasteiger partial charge in [-0.2, -0.15) is 0 Å². The van der Waals surface area contributed by atoms with Crippen molar-refractivity contribution in [1.82, 2.24) is 0 Å². The Morgan fingerprint density at radius 3 is 1.81 bits per heavy atom. The standard InChI is InChI=1S/C21H27ClFNO2S/c1-12(2)15-9-17(13(3)4)21(18(10-15)14(5)6)27(25,26)24-16-7-8-20(23)19(22)11-16/h7-14,24H,1-6H3. The molecule has 2 aromatic rings. The van der Waals surface area contributed by atoms with Crippen molar-refractivity contribution in [2.45, 2.75) is 64.2 Å². The minimum Gasteiger partial charge on any atom is -0.280 e. The largest absolute Gasteiger partial charge is 0.280 e. The van der Waals surface area contributed by atoms with Gasteiger partial charge in [0.25, 0.3) is 10.0 Å². The van der Waals surface area contributed by atoms with Crippen LogP contribution in [0.25, 0.3) is 0 Å². The van der Waals surface area contributed by atoms with Crippen LogP contribution in [0.3, 0.4) is 0 Å². The Morgan fingerprint density at radius 1 is 0.889 bits per heavy atom. The van der Waals surface area contributed by atoms with Crippen molar-refractivity contribution in [2.75, 3.05) is 4.72 Å². The summed E-state index contributed by atoms with van der Waals surface area (Å²) in [5.74, 6) is -0.235. The van der Waals surface area contributed by atoms with Gasteiger partial charge in [-0.1, -0.05) is 65.3 Å². The van der Waals surface area contributed by atoms with Gasteiger partial charge in [-0.25, -0.2) is 12.8 Å². The monoisotopic (exact) mass is 411 g/mol. The fraction of sp³-hybridized carbons (Fsp3) is 0.429. The van der Waals surface area contributed by atoms with Crippen LogP contribution in [0.1, 0.15) is 76.0 Å². The van der Waals surface area contributed by atoms with Crippen LogP contribution in [-0.4, -0.2) is 8.42 Å². The quantitative estimate of drug-likeness (QED) is 0.578. The topological polar surface area (TPSA) is 46.2 Å². The van der Waals surface area contributed by atoms with Crippen molar-refractivity contribution in [3.8, 4) is 0 Å². The number of benzene rings is 2. The molecule has 0 atom stereocenters. The van der Waals surface area contributed by atoms with E-state index in [-0.39, 0.29) is 22.5 Å². The van der Waals surface area contributed by atoms with Crippen LogP contribution in [-0.2, 0) is 10.0 Å². The SMILES string of the molecule is CC(C)c1cc(C(C)C)c(S(=O)(=O)Nc2ccc(F)c(Cl)c2)c(C(C)C)c1. The van der Waals surface area contributed by atoms with Gasteiger partial charge in [-0.15, -0.1) is 0 Å². The number of halogens is 2.